The third-order valence-electron chi connectivity index (χ3n) is 5.12. The van der Waals surface area contributed by atoms with Gasteiger partial charge in [-0.25, -0.2) is 0 Å². The number of fused-ring (bicyclic) bond motifs is 1. The van der Waals surface area contributed by atoms with E-state index < -0.39 is 0 Å². The molecule has 3 aromatic heterocycles. The molecule has 0 fully saturated rings. The maximum Gasteiger partial charge on any atom is 0.233 e. The minimum atomic E-state index is -0.182. The van der Waals surface area contributed by atoms with Gasteiger partial charge in [0.05, 0.1) is 11.8 Å². The van der Waals surface area contributed by atoms with Crippen molar-refractivity contribution < 1.29 is 9.21 Å². The van der Waals surface area contributed by atoms with E-state index >= 15 is 0 Å². The maximum atomic E-state index is 12.9. The van der Waals surface area contributed by atoms with Gasteiger partial charge in [-0.05, 0) is 31.2 Å². The van der Waals surface area contributed by atoms with Crippen LogP contribution in [0.4, 0.5) is 0 Å². The van der Waals surface area contributed by atoms with Crippen LogP contribution in [-0.2, 0) is 11.3 Å². The Hall–Kier alpha value is -3.39. The zero-order valence-corrected chi connectivity index (χ0v) is 18.2. The molecule has 0 bridgehead atoms. The van der Waals surface area contributed by atoms with Gasteiger partial charge in [0.25, 0.3) is 0 Å². The van der Waals surface area contributed by atoms with Crippen molar-refractivity contribution in [3.8, 4) is 11.4 Å². The normalized spacial score (nSPS) is 12.1. The van der Waals surface area contributed by atoms with Gasteiger partial charge in [-0.2, -0.15) is 0 Å². The molecule has 3 heterocycles. The number of nitrogens with zero attached hydrogens (tertiary/aromatic N) is 5. The van der Waals surface area contributed by atoms with Crippen LogP contribution in [0.5, 0.6) is 0 Å². The summed E-state index contributed by atoms with van der Waals surface area (Å²) in [5, 5.41) is 10.3. The van der Waals surface area contributed by atoms with Crippen LogP contribution in [0, 0.1) is 0 Å². The number of thioether (sulfide) groups is 1. The van der Waals surface area contributed by atoms with E-state index in [1.807, 2.05) is 54.0 Å². The second-order valence-corrected chi connectivity index (χ2v) is 8.04. The Morgan fingerprint density at radius 1 is 1.26 bits per heavy atom. The molecule has 0 N–H and O–H groups in total. The van der Waals surface area contributed by atoms with E-state index in [1.54, 1.807) is 30.4 Å². The molecule has 7 nitrogen and oxygen atoms in total. The smallest absolute Gasteiger partial charge is 0.233 e. The average Bonchev–Trinajstić information content (AvgIpc) is 3.41. The van der Waals surface area contributed by atoms with Crippen LogP contribution >= 0.6 is 11.8 Å². The minimum absolute atomic E-state index is 0.0171. The minimum Gasteiger partial charge on any atom is -0.459 e. The number of rotatable bonds is 8. The topological polar surface area (TPSA) is 77.0 Å². The van der Waals surface area contributed by atoms with Crippen LogP contribution in [0.3, 0.4) is 0 Å². The third-order valence-corrected chi connectivity index (χ3v) is 6.07. The number of hydrogen-bond donors (Lipinski definition) is 0. The second-order valence-electron chi connectivity index (χ2n) is 7.10. The van der Waals surface area contributed by atoms with Gasteiger partial charge >= 0.3 is 0 Å². The zero-order chi connectivity index (χ0) is 21.8. The molecular weight excluding hydrogens is 410 g/mol. The fraction of sp³-hybridized carbons (Fsp3) is 0.217. The van der Waals surface area contributed by atoms with Crippen molar-refractivity contribution >= 4 is 28.6 Å². The molecule has 1 unspecified atom stereocenters. The zero-order valence-electron chi connectivity index (χ0n) is 17.4. The first-order chi connectivity index (χ1) is 15.1. The van der Waals surface area contributed by atoms with Crippen LogP contribution < -0.4 is 0 Å². The summed E-state index contributed by atoms with van der Waals surface area (Å²) in [6.07, 6.45) is 5.22. The Bertz CT molecular complexity index is 1170. The molecule has 158 valence electrons. The summed E-state index contributed by atoms with van der Waals surface area (Å²) in [6, 6.07) is 13.4. The lowest BCUT2D eigenvalue weighted by atomic mass is 10.2. The number of allylic oxidation sites excluding steroid dienone is 1. The molecule has 0 aliphatic carbocycles. The molecule has 0 radical (unpaired) electrons. The number of furan rings is 1. The number of hydrogen-bond acceptors (Lipinski definition) is 6. The van der Waals surface area contributed by atoms with Crippen LogP contribution in [0.2, 0.25) is 0 Å². The highest BCUT2D eigenvalue weighted by atomic mass is 32.2. The molecule has 0 aliphatic rings. The van der Waals surface area contributed by atoms with Crippen LogP contribution in [0.1, 0.15) is 18.7 Å². The monoisotopic (exact) mass is 433 g/mol. The molecule has 1 aromatic carbocycles. The van der Waals surface area contributed by atoms with Gasteiger partial charge in [0.2, 0.25) is 5.91 Å². The average molecular weight is 434 g/mol. The first-order valence-electron chi connectivity index (χ1n) is 9.90. The van der Waals surface area contributed by atoms with Crippen molar-refractivity contribution in [1.29, 1.82) is 0 Å². The molecule has 0 aliphatic heterocycles. The molecule has 0 saturated carbocycles. The van der Waals surface area contributed by atoms with Crippen molar-refractivity contribution in [2.75, 3.05) is 12.8 Å². The van der Waals surface area contributed by atoms with Gasteiger partial charge in [0.1, 0.15) is 11.3 Å². The summed E-state index contributed by atoms with van der Waals surface area (Å²) < 4.78 is 7.87. The highest BCUT2D eigenvalue weighted by molar-refractivity contribution is 7.99. The number of pyridine rings is 1. The lowest BCUT2D eigenvalue weighted by molar-refractivity contribution is -0.129. The molecule has 4 aromatic rings. The number of para-hydroxylation sites is 1. The number of benzene rings is 1. The Balaban J connectivity index is 1.46. The Kier molecular flexibility index (Phi) is 6.18. The lowest BCUT2D eigenvalue weighted by Crippen LogP contribution is -2.31. The summed E-state index contributed by atoms with van der Waals surface area (Å²) in [6.45, 7) is 6.33. The molecule has 31 heavy (non-hydrogen) atoms. The fourth-order valence-corrected chi connectivity index (χ4v) is 4.12. The van der Waals surface area contributed by atoms with Crippen molar-refractivity contribution in [3.05, 3.63) is 73.3 Å². The first kappa shape index (κ1) is 20.9. The molecule has 0 saturated heterocycles. The van der Waals surface area contributed by atoms with Crippen LogP contribution in [0.15, 0.2) is 77.1 Å². The summed E-state index contributed by atoms with van der Waals surface area (Å²) in [5.74, 6) is 1.71. The SMILES string of the molecule is C=CCn1c(SCC(=O)N(C)C(C)c2cc3ccccc3o2)nnc1-c1ccncc1. The predicted octanol–water partition coefficient (Wildman–Crippen LogP) is 4.58. The summed E-state index contributed by atoms with van der Waals surface area (Å²) in [5.41, 5.74) is 1.74. The summed E-state index contributed by atoms with van der Waals surface area (Å²) in [7, 11) is 1.79. The molecule has 1 atom stereocenters. The van der Waals surface area contributed by atoms with Crippen molar-refractivity contribution in [1.82, 2.24) is 24.6 Å². The number of aromatic nitrogens is 4. The molecule has 8 heteroatoms. The standard InChI is InChI=1S/C23H23N5O2S/c1-4-13-28-22(17-9-11-24-12-10-17)25-26-23(28)31-15-21(29)27(3)16(2)20-14-18-7-5-6-8-19(18)30-20/h4-12,14,16H,1,13,15H2,2-3H3. The summed E-state index contributed by atoms with van der Waals surface area (Å²) >= 11 is 1.36. The van der Waals surface area contributed by atoms with Gasteiger partial charge in [0, 0.05) is 36.9 Å². The Morgan fingerprint density at radius 3 is 2.77 bits per heavy atom. The third kappa shape index (κ3) is 4.39. The summed E-state index contributed by atoms with van der Waals surface area (Å²) in [4.78, 5) is 18.6. The number of amides is 1. The van der Waals surface area contributed by atoms with Gasteiger partial charge < -0.3 is 9.32 Å². The molecule has 0 spiro atoms. The Labute approximate surface area is 184 Å². The van der Waals surface area contributed by atoms with Crippen molar-refractivity contribution in [2.24, 2.45) is 0 Å². The molecular formula is C23H23N5O2S. The van der Waals surface area contributed by atoms with Gasteiger partial charge in [0.15, 0.2) is 11.0 Å². The van der Waals surface area contributed by atoms with Crippen LogP contribution in [-0.4, -0.2) is 43.4 Å². The van der Waals surface area contributed by atoms with E-state index in [-0.39, 0.29) is 17.7 Å². The van der Waals surface area contributed by atoms with E-state index in [9.17, 15) is 4.79 Å². The van der Waals surface area contributed by atoms with Crippen LogP contribution in [0.25, 0.3) is 22.4 Å². The van der Waals surface area contributed by atoms with Gasteiger partial charge in [-0.15, -0.1) is 16.8 Å². The lowest BCUT2D eigenvalue weighted by Gasteiger charge is -2.23. The fourth-order valence-electron chi connectivity index (χ4n) is 3.25. The predicted molar refractivity (Wildman–Crippen MR) is 122 cm³/mol. The highest BCUT2D eigenvalue weighted by Crippen LogP contribution is 2.28. The van der Waals surface area contributed by atoms with E-state index in [2.05, 4.69) is 21.8 Å². The van der Waals surface area contributed by atoms with E-state index in [4.69, 9.17) is 4.42 Å². The Morgan fingerprint density at radius 2 is 2.03 bits per heavy atom. The van der Waals surface area contributed by atoms with Gasteiger partial charge in [-0.3, -0.25) is 14.3 Å². The van der Waals surface area contributed by atoms with E-state index in [0.29, 0.717) is 11.7 Å². The maximum absolute atomic E-state index is 12.9. The first-order valence-corrected chi connectivity index (χ1v) is 10.9. The number of carbonyl (C=O) groups is 1. The van der Waals surface area contributed by atoms with E-state index in [0.717, 1.165) is 28.1 Å². The highest BCUT2D eigenvalue weighted by Gasteiger charge is 2.22. The second kappa shape index (κ2) is 9.18. The van der Waals surface area contributed by atoms with Gasteiger partial charge in [-0.1, -0.05) is 36.0 Å². The van der Waals surface area contributed by atoms with Crippen molar-refractivity contribution in [3.63, 3.8) is 0 Å². The largest absolute Gasteiger partial charge is 0.459 e. The quantitative estimate of drug-likeness (QED) is 0.299. The number of carbonyl (C=O) groups excluding carboxylic acids is 1. The molecule has 1 amide bonds. The molecule has 4 rings (SSSR count). The van der Waals surface area contributed by atoms with E-state index in [1.165, 1.54) is 11.8 Å². The van der Waals surface area contributed by atoms with Crippen molar-refractivity contribution in [2.45, 2.75) is 24.7 Å².